The summed E-state index contributed by atoms with van der Waals surface area (Å²) in [6.07, 6.45) is 1.03. The lowest BCUT2D eigenvalue weighted by Gasteiger charge is -2.26. The molecule has 1 atom stereocenters. The predicted octanol–water partition coefficient (Wildman–Crippen LogP) is 2.38. The highest BCUT2D eigenvalue weighted by atomic mass is 16.5. The molecule has 0 aromatic heterocycles. The number of hydrogen-bond donors (Lipinski definition) is 2. The lowest BCUT2D eigenvalue weighted by atomic mass is 10.1. The molecule has 0 spiro atoms. The fourth-order valence-electron chi connectivity index (χ4n) is 3.42. The number of ether oxygens (including phenoxy) is 3. The van der Waals surface area contributed by atoms with Crippen LogP contribution in [0.2, 0.25) is 0 Å². The standard InChI is InChI=1S/C26H31N3O6/c1-2-34-25(31)23(18-29-13-15-33-16-14-29)27-24(30)22(17-20-9-5-3-6-10-20)28-26(32)35-19-21-11-7-4-8-12-21/h3-12,18,22H,2,13-17,19H2,1H3,(H,27,30)(H,28,32)/b23-18+/t22-/m0/s1. The molecule has 3 rings (SSSR count). The highest BCUT2D eigenvalue weighted by molar-refractivity contribution is 5.96. The lowest BCUT2D eigenvalue weighted by Crippen LogP contribution is -2.49. The molecule has 1 heterocycles. The average Bonchev–Trinajstić information content (AvgIpc) is 2.88. The second kappa shape index (κ2) is 13.8. The van der Waals surface area contributed by atoms with Gasteiger partial charge in [0.2, 0.25) is 5.91 Å². The molecule has 1 aliphatic heterocycles. The van der Waals surface area contributed by atoms with Gasteiger partial charge in [-0.25, -0.2) is 9.59 Å². The van der Waals surface area contributed by atoms with Gasteiger partial charge in [0.05, 0.1) is 19.8 Å². The van der Waals surface area contributed by atoms with Gasteiger partial charge >= 0.3 is 12.1 Å². The van der Waals surface area contributed by atoms with E-state index in [1.54, 1.807) is 13.1 Å². The number of amides is 2. The van der Waals surface area contributed by atoms with Gasteiger partial charge in [-0.3, -0.25) is 4.79 Å². The highest BCUT2D eigenvalue weighted by Gasteiger charge is 2.26. The van der Waals surface area contributed by atoms with Crippen LogP contribution in [0.3, 0.4) is 0 Å². The first-order valence-corrected chi connectivity index (χ1v) is 11.6. The molecule has 2 amide bonds. The van der Waals surface area contributed by atoms with Crippen molar-refractivity contribution in [2.75, 3.05) is 32.9 Å². The fourth-order valence-corrected chi connectivity index (χ4v) is 3.42. The van der Waals surface area contributed by atoms with Crippen molar-refractivity contribution in [3.05, 3.63) is 83.7 Å². The second-order valence-corrected chi connectivity index (χ2v) is 7.85. The number of nitrogens with zero attached hydrogens (tertiary/aromatic N) is 1. The fraction of sp³-hybridized carbons (Fsp3) is 0.346. The highest BCUT2D eigenvalue weighted by Crippen LogP contribution is 2.08. The normalized spacial score (nSPS) is 14.5. The van der Waals surface area contributed by atoms with E-state index in [0.29, 0.717) is 26.3 Å². The molecule has 9 heteroatoms. The molecule has 9 nitrogen and oxygen atoms in total. The third-order valence-electron chi connectivity index (χ3n) is 5.21. The quantitative estimate of drug-likeness (QED) is 0.396. The maximum absolute atomic E-state index is 13.2. The second-order valence-electron chi connectivity index (χ2n) is 7.85. The van der Waals surface area contributed by atoms with Crippen LogP contribution in [0.1, 0.15) is 18.1 Å². The molecule has 1 saturated heterocycles. The average molecular weight is 482 g/mol. The third kappa shape index (κ3) is 8.78. The number of nitrogens with one attached hydrogen (secondary N) is 2. The molecule has 2 N–H and O–H groups in total. The van der Waals surface area contributed by atoms with Crippen molar-refractivity contribution in [2.45, 2.75) is 26.0 Å². The van der Waals surface area contributed by atoms with Crippen molar-refractivity contribution in [1.82, 2.24) is 15.5 Å². The van der Waals surface area contributed by atoms with E-state index in [1.165, 1.54) is 0 Å². The topological polar surface area (TPSA) is 106 Å². The first kappa shape index (κ1) is 25.8. The molecule has 0 bridgehead atoms. The molecule has 0 aliphatic carbocycles. The Bertz CT molecular complexity index is 991. The van der Waals surface area contributed by atoms with E-state index < -0.39 is 24.0 Å². The minimum Gasteiger partial charge on any atom is -0.461 e. The van der Waals surface area contributed by atoms with Gasteiger partial charge in [0.15, 0.2) is 0 Å². The molecule has 0 unspecified atom stereocenters. The Kier molecular flexibility index (Phi) is 10.1. The van der Waals surface area contributed by atoms with Crippen LogP contribution < -0.4 is 10.6 Å². The Morgan fingerprint density at radius 2 is 1.60 bits per heavy atom. The largest absolute Gasteiger partial charge is 0.461 e. The van der Waals surface area contributed by atoms with Gasteiger partial charge in [-0.1, -0.05) is 60.7 Å². The Balaban J connectivity index is 1.72. The molecule has 0 saturated carbocycles. The Hall–Kier alpha value is -3.85. The molecular formula is C26H31N3O6. The molecule has 186 valence electrons. The van der Waals surface area contributed by atoms with Gasteiger partial charge in [-0.2, -0.15) is 0 Å². The summed E-state index contributed by atoms with van der Waals surface area (Å²) in [4.78, 5) is 40.2. The summed E-state index contributed by atoms with van der Waals surface area (Å²) in [6.45, 7) is 4.11. The van der Waals surface area contributed by atoms with E-state index in [1.807, 2.05) is 65.6 Å². The number of carbonyl (C=O) groups excluding carboxylic acids is 3. The van der Waals surface area contributed by atoms with Crippen LogP contribution in [0.15, 0.2) is 72.6 Å². The van der Waals surface area contributed by atoms with Crippen LogP contribution in [0.25, 0.3) is 0 Å². The summed E-state index contributed by atoms with van der Waals surface area (Å²) in [5.41, 5.74) is 1.66. The van der Waals surface area contributed by atoms with Crippen LogP contribution >= 0.6 is 0 Å². The molecular weight excluding hydrogens is 450 g/mol. The van der Waals surface area contributed by atoms with Gasteiger partial charge in [-0.05, 0) is 18.1 Å². The maximum atomic E-state index is 13.2. The van der Waals surface area contributed by atoms with Crippen LogP contribution in [0.4, 0.5) is 4.79 Å². The maximum Gasteiger partial charge on any atom is 0.408 e. The van der Waals surface area contributed by atoms with Crippen LogP contribution in [-0.4, -0.2) is 61.8 Å². The van der Waals surface area contributed by atoms with E-state index in [9.17, 15) is 14.4 Å². The first-order valence-electron chi connectivity index (χ1n) is 11.6. The minimum absolute atomic E-state index is 0.00346. The molecule has 1 aliphatic rings. The first-order chi connectivity index (χ1) is 17.0. The van der Waals surface area contributed by atoms with Crippen molar-refractivity contribution in [2.24, 2.45) is 0 Å². The predicted molar refractivity (Wildman–Crippen MR) is 129 cm³/mol. The van der Waals surface area contributed by atoms with Gasteiger partial charge < -0.3 is 29.7 Å². The summed E-state index contributed by atoms with van der Waals surface area (Å²) in [7, 11) is 0. The van der Waals surface area contributed by atoms with Crippen LogP contribution in [0, 0.1) is 0 Å². The van der Waals surface area contributed by atoms with Crippen LogP contribution in [0.5, 0.6) is 0 Å². The minimum atomic E-state index is -0.983. The van der Waals surface area contributed by atoms with Gasteiger partial charge in [0.1, 0.15) is 18.3 Å². The smallest absolute Gasteiger partial charge is 0.408 e. The van der Waals surface area contributed by atoms with E-state index in [2.05, 4.69) is 10.6 Å². The number of carbonyl (C=O) groups is 3. The molecule has 0 radical (unpaired) electrons. The summed E-state index contributed by atoms with van der Waals surface area (Å²) in [5, 5.41) is 5.27. The summed E-state index contributed by atoms with van der Waals surface area (Å²) in [6, 6.07) is 17.5. The Labute approximate surface area is 205 Å². The van der Waals surface area contributed by atoms with E-state index in [0.717, 1.165) is 11.1 Å². The van der Waals surface area contributed by atoms with E-state index in [-0.39, 0.29) is 25.3 Å². The SMILES string of the molecule is CCOC(=O)/C(=C\N1CCOCC1)NC(=O)[C@H](Cc1ccccc1)NC(=O)OCc1ccccc1. The lowest BCUT2D eigenvalue weighted by molar-refractivity contribution is -0.140. The number of benzene rings is 2. The molecule has 35 heavy (non-hydrogen) atoms. The molecule has 1 fully saturated rings. The number of alkyl carbamates (subject to hydrolysis) is 1. The van der Waals surface area contributed by atoms with E-state index >= 15 is 0 Å². The van der Waals surface area contributed by atoms with Gasteiger partial charge in [0.25, 0.3) is 0 Å². The zero-order valence-electron chi connectivity index (χ0n) is 19.8. The van der Waals surface area contributed by atoms with Crippen molar-refractivity contribution in [3.8, 4) is 0 Å². The zero-order chi connectivity index (χ0) is 24.9. The van der Waals surface area contributed by atoms with Crippen molar-refractivity contribution in [1.29, 1.82) is 0 Å². The van der Waals surface area contributed by atoms with Crippen LogP contribution in [-0.2, 0) is 36.8 Å². The summed E-state index contributed by atoms with van der Waals surface area (Å²) < 4.78 is 15.8. The van der Waals surface area contributed by atoms with Gasteiger partial charge in [-0.15, -0.1) is 0 Å². The Morgan fingerprint density at radius 1 is 0.971 bits per heavy atom. The number of esters is 1. The van der Waals surface area contributed by atoms with E-state index in [4.69, 9.17) is 14.2 Å². The number of hydrogen-bond acceptors (Lipinski definition) is 7. The monoisotopic (exact) mass is 481 g/mol. The molecule has 2 aromatic carbocycles. The van der Waals surface area contributed by atoms with Gasteiger partial charge in [0, 0.05) is 25.7 Å². The summed E-state index contributed by atoms with van der Waals surface area (Å²) >= 11 is 0. The van der Waals surface area contributed by atoms with Crippen molar-refractivity contribution >= 4 is 18.0 Å². The Morgan fingerprint density at radius 3 is 2.23 bits per heavy atom. The van der Waals surface area contributed by atoms with Crippen molar-refractivity contribution < 1.29 is 28.6 Å². The van der Waals surface area contributed by atoms with Crippen molar-refractivity contribution in [3.63, 3.8) is 0 Å². The molecule has 2 aromatic rings. The number of morpholine rings is 1. The zero-order valence-corrected chi connectivity index (χ0v) is 19.8. The third-order valence-corrected chi connectivity index (χ3v) is 5.21. The summed E-state index contributed by atoms with van der Waals surface area (Å²) in [5.74, 6) is -1.21. The number of rotatable bonds is 10.